The molecule has 0 aliphatic carbocycles. The van der Waals surface area contributed by atoms with Gasteiger partial charge in [-0.1, -0.05) is 17.7 Å². The number of nitrogens with one attached hydrogen (secondary N) is 1. The fourth-order valence-electron chi connectivity index (χ4n) is 2.91. The molecule has 144 valence electrons. The Morgan fingerprint density at radius 1 is 1.14 bits per heavy atom. The molecule has 28 heavy (non-hydrogen) atoms. The zero-order valence-electron chi connectivity index (χ0n) is 15.5. The molecule has 4 aromatic rings. The van der Waals surface area contributed by atoms with Gasteiger partial charge in [-0.25, -0.2) is 13.4 Å². The van der Waals surface area contributed by atoms with Crippen LogP contribution >= 0.6 is 11.3 Å². The first-order chi connectivity index (χ1) is 13.3. The van der Waals surface area contributed by atoms with E-state index in [0.717, 1.165) is 5.56 Å². The van der Waals surface area contributed by atoms with Crippen LogP contribution in [0.1, 0.15) is 16.8 Å². The highest BCUT2D eigenvalue weighted by atomic mass is 32.2. The number of nitrogens with zero attached hydrogens (tertiary/aromatic N) is 3. The van der Waals surface area contributed by atoms with Crippen molar-refractivity contribution in [3.05, 3.63) is 64.9 Å². The van der Waals surface area contributed by atoms with E-state index in [1.165, 1.54) is 16.0 Å². The topological polar surface area (TPSA) is 90.0 Å². The molecule has 0 bridgehead atoms. The Bertz CT molecular complexity index is 1240. The van der Waals surface area contributed by atoms with Gasteiger partial charge in [0.2, 0.25) is 5.13 Å². The predicted octanol–water partition coefficient (Wildman–Crippen LogP) is 4.31. The minimum atomic E-state index is -3.77. The number of anilines is 1. The lowest BCUT2D eigenvalue weighted by atomic mass is 10.2. The van der Waals surface area contributed by atoms with Gasteiger partial charge < -0.3 is 4.42 Å². The molecule has 0 aliphatic heterocycles. The second-order valence-corrected chi connectivity index (χ2v) is 8.94. The average molecular weight is 415 g/mol. The Morgan fingerprint density at radius 2 is 1.96 bits per heavy atom. The van der Waals surface area contributed by atoms with Crippen LogP contribution in [0.5, 0.6) is 0 Å². The fourth-order valence-corrected chi connectivity index (χ4v) is 4.95. The van der Waals surface area contributed by atoms with Crippen LogP contribution in [0.3, 0.4) is 0 Å². The highest BCUT2D eigenvalue weighted by Gasteiger charge is 2.21. The smallest absolute Gasteiger partial charge is 0.263 e. The van der Waals surface area contributed by atoms with Crippen molar-refractivity contribution in [1.29, 1.82) is 0 Å². The molecule has 3 aromatic heterocycles. The molecule has 0 radical (unpaired) electrons. The maximum absolute atomic E-state index is 12.9. The van der Waals surface area contributed by atoms with Crippen molar-refractivity contribution in [2.45, 2.75) is 25.7 Å². The van der Waals surface area contributed by atoms with Crippen molar-refractivity contribution in [3.8, 4) is 16.6 Å². The largest absolute Gasteiger partial charge is 0.463 e. The third-order valence-corrected chi connectivity index (χ3v) is 6.47. The molecule has 0 amide bonds. The summed E-state index contributed by atoms with van der Waals surface area (Å²) in [5.41, 5.74) is 3.03. The van der Waals surface area contributed by atoms with Crippen LogP contribution in [0, 0.1) is 20.8 Å². The van der Waals surface area contributed by atoms with E-state index in [1.807, 2.05) is 24.4 Å². The number of aromatic nitrogens is 3. The van der Waals surface area contributed by atoms with Gasteiger partial charge in [0.25, 0.3) is 10.0 Å². The van der Waals surface area contributed by atoms with Crippen molar-refractivity contribution >= 4 is 27.2 Å². The number of hydrogen-bond donors (Lipinski definition) is 1. The Hall–Kier alpha value is -2.91. The van der Waals surface area contributed by atoms with Gasteiger partial charge in [-0.2, -0.15) is 9.78 Å². The van der Waals surface area contributed by atoms with E-state index >= 15 is 0 Å². The number of hydrogen-bond acceptors (Lipinski definition) is 6. The fraction of sp³-hybridized carbons (Fsp3) is 0.158. The molecular weight excluding hydrogens is 396 g/mol. The molecule has 9 heteroatoms. The van der Waals surface area contributed by atoms with E-state index in [9.17, 15) is 8.42 Å². The van der Waals surface area contributed by atoms with Crippen LogP contribution in [0.15, 0.2) is 57.4 Å². The molecule has 7 nitrogen and oxygen atoms in total. The van der Waals surface area contributed by atoms with E-state index in [2.05, 4.69) is 14.8 Å². The van der Waals surface area contributed by atoms with Crippen molar-refractivity contribution in [3.63, 3.8) is 0 Å². The lowest BCUT2D eigenvalue weighted by Gasteiger charge is -2.11. The molecule has 0 spiro atoms. The van der Waals surface area contributed by atoms with E-state index in [-0.39, 0.29) is 4.90 Å². The van der Waals surface area contributed by atoms with Crippen LogP contribution in [0.4, 0.5) is 5.82 Å². The molecule has 1 N–H and O–H groups in total. The molecule has 0 saturated heterocycles. The van der Waals surface area contributed by atoms with E-state index < -0.39 is 10.0 Å². The van der Waals surface area contributed by atoms with E-state index in [0.29, 0.717) is 33.7 Å². The molecule has 4 rings (SSSR count). The van der Waals surface area contributed by atoms with Crippen LogP contribution in [0.25, 0.3) is 16.6 Å². The highest BCUT2D eigenvalue weighted by Crippen LogP contribution is 2.28. The number of sulfonamides is 1. The quantitative estimate of drug-likeness (QED) is 0.525. The number of benzene rings is 1. The number of aryl methyl sites for hydroxylation is 3. The summed E-state index contributed by atoms with van der Waals surface area (Å²) in [4.78, 5) is 4.75. The van der Waals surface area contributed by atoms with Gasteiger partial charge in [0.1, 0.15) is 11.5 Å². The Labute approximate surface area is 166 Å². The predicted molar refractivity (Wildman–Crippen MR) is 108 cm³/mol. The third-order valence-electron chi connectivity index (χ3n) is 4.14. The van der Waals surface area contributed by atoms with Crippen LogP contribution in [-0.4, -0.2) is 23.2 Å². The summed E-state index contributed by atoms with van der Waals surface area (Å²) in [6.07, 6.45) is 1.58. The molecule has 3 heterocycles. The lowest BCUT2D eigenvalue weighted by molar-refractivity contribution is 0.580. The summed E-state index contributed by atoms with van der Waals surface area (Å²) in [6, 6.07) is 10.5. The van der Waals surface area contributed by atoms with Gasteiger partial charge in [0.15, 0.2) is 5.76 Å². The van der Waals surface area contributed by atoms with E-state index in [4.69, 9.17) is 4.42 Å². The summed E-state index contributed by atoms with van der Waals surface area (Å²) < 4.78 is 35.4. The highest BCUT2D eigenvalue weighted by molar-refractivity contribution is 7.92. The van der Waals surface area contributed by atoms with Crippen molar-refractivity contribution < 1.29 is 12.8 Å². The normalized spacial score (nSPS) is 11.7. The standard InChI is InChI=1S/C19H18N4O3S2/c1-12-6-7-17(13(2)9-12)28(24,25)22-18-10-14(3)21-23(18)19-20-15(11-27-19)16-5-4-8-26-16/h4-11,22H,1-3H3. The Balaban J connectivity index is 1.70. The SMILES string of the molecule is Cc1ccc(S(=O)(=O)Nc2cc(C)nn2-c2nc(-c3ccco3)cs2)c(C)c1. The molecule has 0 fully saturated rings. The molecule has 1 aromatic carbocycles. The van der Waals surface area contributed by atoms with Crippen LogP contribution in [0.2, 0.25) is 0 Å². The second-order valence-electron chi connectivity index (χ2n) is 6.45. The van der Waals surface area contributed by atoms with Crippen LogP contribution < -0.4 is 4.72 Å². The zero-order chi connectivity index (χ0) is 19.9. The number of rotatable bonds is 5. The summed E-state index contributed by atoms with van der Waals surface area (Å²) in [7, 11) is -3.77. The molecule has 0 saturated carbocycles. The third kappa shape index (κ3) is 3.46. The van der Waals surface area contributed by atoms with Gasteiger partial charge in [-0.15, -0.1) is 11.3 Å². The molecule has 0 aliphatic rings. The van der Waals surface area contributed by atoms with Gasteiger partial charge in [-0.05, 0) is 44.5 Å². The minimum absolute atomic E-state index is 0.235. The average Bonchev–Trinajstić information content (AvgIpc) is 3.34. The second kappa shape index (κ2) is 6.92. The van der Waals surface area contributed by atoms with Crippen molar-refractivity contribution in [1.82, 2.24) is 14.8 Å². The Kier molecular flexibility index (Phi) is 4.56. The van der Waals surface area contributed by atoms with Crippen molar-refractivity contribution in [2.24, 2.45) is 0 Å². The minimum Gasteiger partial charge on any atom is -0.463 e. The Morgan fingerprint density at radius 3 is 2.68 bits per heavy atom. The maximum Gasteiger partial charge on any atom is 0.263 e. The first-order valence-corrected chi connectivity index (χ1v) is 10.9. The summed E-state index contributed by atoms with van der Waals surface area (Å²) in [6.45, 7) is 5.50. The van der Waals surface area contributed by atoms with E-state index in [1.54, 1.807) is 44.4 Å². The zero-order valence-corrected chi connectivity index (χ0v) is 17.1. The first kappa shape index (κ1) is 18.5. The van der Waals surface area contributed by atoms with Gasteiger partial charge >= 0.3 is 0 Å². The number of furan rings is 1. The first-order valence-electron chi connectivity index (χ1n) is 8.50. The van der Waals surface area contributed by atoms with Crippen molar-refractivity contribution in [2.75, 3.05) is 4.72 Å². The molecule has 0 atom stereocenters. The summed E-state index contributed by atoms with van der Waals surface area (Å²) in [5, 5.41) is 6.78. The van der Waals surface area contributed by atoms with Gasteiger partial charge in [-0.3, -0.25) is 4.72 Å². The molecule has 0 unspecified atom stereocenters. The maximum atomic E-state index is 12.9. The molecular formula is C19H18N4O3S2. The monoisotopic (exact) mass is 414 g/mol. The van der Waals surface area contributed by atoms with Crippen LogP contribution in [-0.2, 0) is 10.0 Å². The number of thiazole rings is 1. The lowest BCUT2D eigenvalue weighted by Crippen LogP contribution is -2.17. The van der Waals surface area contributed by atoms with Gasteiger partial charge in [0, 0.05) is 11.4 Å². The summed E-state index contributed by atoms with van der Waals surface area (Å²) in [5.74, 6) is 0.974. The summed E-state index contributed by atoms with van der Waals surface area (Å²) >= 11 is 1.35. The van der Waals surface area contributed by atoms with Gasteiger partial charge in [0.05, 0.1) is 16.9 Å².